The summed E-state index contributed by atoms with van der Waals surface area (Å²) in [6.45, 7) is 11.9. The van der Waals surface area contributed by atoms with Crippen LogP contribution in [0.4, 0.5) is 5.69 Å². The summed E-state index contributed by atoms with van der Waals surface area (Å²) in [4.78, 5) is 30.4. The molecule has 34 heavy (non-hydrogen) atoms. The van der Waals surface area contributed by atoms with Gasteiger partial charge in [0.25, 0.3) is 0 Å². The monoisotopic (exact) mass is 458 g/mol. The average Bonchev–Trinajstić information content (AvgIpc) is 2.87. The average molecular weight is 459 g/mol. The Balaban J connectivity index is 2.21. The van der Waals surface area contributed by atoms with Crippen LogP contribution < -0.4 is 4.90 Å². The van der Waals surface area contributed by atoms with Crippen molar-refractivity contribution in [2.45, 2.75) is 27.7 Å². The summed E-state index contributed by atoms with van der Waals surface area (Å²) in [6.07, 6.45) is 5.54. The zero-order chi connectivity index (χ0) is 24.7. The first-order valence-electron chi connectivity index (χ1n) is 11.9. The van der Waals surface area contributed by atoms with Crippen molar-refractivity contribution in [1.82, 2.24) is 4.90 Å². The van der Waals surface area contributed by atoms with E-state index in [1.165, 1.54) is 7.11 Å². The molecular formula is C29H34N2O3. The van der Waals surface area contributed by atoms with Crippen LogP contribution in [0, 0.1) is 0 Å². The normalized spacial score (nSPS) is 14.5. The number of ketones is 1. The highest BCUT2D eigenvalue weighted by Crippen LogP contribution is 2.34. The van der Waals surface area contributed by atoms with Gasteiger partial charge < -0.3 is 14.5 Å². The molecule has 0 fully saturated rings. The highest BCUT2D eigenvalue weighted by atomic mass is 16.5. The Labute approximate surface area is 203 Å². The highest BCUT2D eigenvalue weighted by Gasteiger charge is 2.23. The van der Waals surface area contributed by atoms with E-state index in [9.17, 15) is 9.59 Å². The predicted molar refractivity (Wildman–Crippen MR) is 139 cm³/mol. The molecule has 0 unspecified atom stereocenters. The zero-order valence-electron chi connectivity index (χ0n) is 20.8. The molecule has 0 radical (unpaired) electrons. The van der Waals surface area contributed by atoms with E-state index in [1.54, 1.807) is 18.2 Å². The van der Waals surface area contributed by atoms with Gasteiger partial charge in [0.15, 0.2) is 5.78 Å². The summed E-state index contributed by atoms with van der Waals surface area (Å²) >= 11 is 0. The maximum absolute atomic E-state index is 13.4. The van der Waals surface area contributed by atoms with Gasteiger partial charge in [0.05, 0.1) is 12.7 Å². The molecule has 0 amide bonds. The summed E-state index contributed by atoms with van der Waals surface area (Å²) < 4.78 is 5.04. The van der Waals surface area contributed by atoms with E-state index in [0.717, 1.165) is 48.7 Å². The number of likely N-dealkylation sites (N-methyl/N-ethyl adjacent to an activating group) is 1. The zero-order valence-corrected chi connectivity index (χ0v) is 20.8. The molecule has 5 nitrogen and oxygen atoms in total. The van der Waals surface area contributed by atoms with E-state index < -0.39 is 5.97 Å². The first-order valence-corrected chi connectivity index (χ1v) is 11.9. The molecule has 2 aromatic rings. The predicted octanol–water partition coefficient (Wildman–Crippen LogP) is 5.49. The van der Waals surface area contributed by atoms with E-state index in [0.29, 0.717) is 16.7 Å². The van der Waals surface area contributed by atoms with E-state index in [-0.39, 0.29) is 5.78 Å². The molecule has 0 heterocycles. The summed E-state index contributed by atoms with van der Waals surface area (Å²) in [5, 5.41) is 0. The number of nitrogens with zero attached hydrogens (tertiary/aromatic N) is 2. The van der Waals surface area contributed by atoms with Gasteiger partial charge in [-0.05, 0) is 69.2 Å². The molecular weight excluding hydrogens is 424 g/mol. The number of hydrogen-bond acceptors (Lipinski definition) is 5. The van der Waals surface area contributed by atoms with Crippen LogP contribution >= 0.6 is 0 Å². The standard InChI is InChI=1S/C29H34N2O3/c1-6-30(7-2)22-16-14-21(15-17-22)28(24-12-10-11-13-25(24)29(33)34-5)26-19-18-23(20-27(26)32)31(8-3)9-4/h10-20H,6-9H2,1-5H3/b28-26+. The lowest BCUT2D eigenvalue weighted by Crippen LogP contribution is -2.23. The van der Waals surface area contributed by atoms with Gasteiger partial charge in [-0.1, -0.05) is 30.3 Å². The van der Waals surface area contributed by atoms with Crippen molar-refractivity contribution in [2.24, 2.45) is 0 Å². The van der Waals surface area contributed by atoms with Crippen LogP contribution in [0.15, 0.2) is 78.0 Å². The number of rotatable bonds is 9. The minimum atomic E-state index is -0.430. The van der Waals surface area contributed by atoms with Gasteiger partial charge in [-0.2, -0.15) is 0 Å². The maximum Gasteiger partial charge on any atom is 0.338 e. The molecule has 0 spiro atoms. The molecule has 0 saturated carbocycles. The summed E-state index contributed by atoms with van der Waals surface area (Å²) in [7, 11) is 1.37. The van der Waals surface area contributed by atoms with Crippen LogP contribution in [0.25, 0.3) is 5.57 Å². The summed E-state index contributed by atoms with van der Waals surface area (Å²) in [5.74, 6) is -0.507. The Morgan fingerprint density at radius 1 is 0.794 bits per heavy atom. The first-order chi connectivity index (χ1) is 16.5. The number of benzene rings is 2. The Morgan fingerprint density at radius 2 is 1.38 bits per heavy atom. The molecule has 0 saturated heterocycles. The van der Waals surface area contributed by atoms with Crippen molar-refractivity contribution >= 4 is 23.0 Å². The molecule has 1 aliphatic rings. The van der Waals surface area contributed by atoms with Crippen molar-refractivity contribution in [1.29, 1.82) is 0 Å². The third-order valence-corrected chi connectivity index (χ3v) is 6.25. The van der Waals surface area contributed by atoms with Crippen molar-refractivity contribution in [3.8, 4) is 0 Å². The second-order valence-electron chi connectivity index (χ2n) is 7.98. The van der Waals surface area contributed by atoms with Gasteiger partial charge >= 0.3 is 5.97 Å². The SMILES string of the molecule is CCN(CC)C1=CC(=O)/C(=C(\c2ccc(N(CC)CC)cc2)c2ccccc2C(=O)OC)C=C1. The number of anilines is 1. The van der Waals surface area contributed by atoms with Crippen molar-refractivity contribution in [3.63, 3.8) is 0 Å². The molecule has 0 bridgehead atoms. The lowest BCUT2D eigenvalue weighted by atomic mass is 9.86. The molecule has 0 aromatic heterocycles. The number of hydrogen-bond donors (Lipinski definition) is 0. The fourth-order valence-electron chi connectivity index (χ4n) is 4.38. The minimum absolute atomic E-state index is 0.0770. The molecule has 0 N–H and O–H groups in total. The fraction of sp³-hybridized carbons (Fsp3) is 0.310. The van der Waals surface area contributed by atoms with Gasteiger partial charge in [-0.25, -0.2) is 4.79 Å². The van der Waals surface area contributed by atoms with Crippen LogP contribution in [0.5, 0.6) is 0 Å². The van der Waals surface area contributed by atoms with E-state index >= 15 is 0 Å². The second kappa shape index (κ2) is 11.5. The van der Waals surface area contributed by atoms with Crippen LogP contribution in [0.3, 0.4) is 0 Å². The molecule has 2 aromatic carbocycles. The van der Waals surface area contributed by atoms with Crippen molar-refractivity contribution < 1.29 is 14.3 Å². The third-order valence-electron chi connectivity index (χ3n) is 6.25. The van der Waals surface area contributed by atoms with E-state index in [1.807, 2.05) is 36.4 Å². The van der Waals surface area contributed by atoms with Crippen LogP contribution in [0.1, 0.15) is 49.2 Å². The number of carbonyl (C=O) groups excluding carboxylic acids is 2. The van der Waals surface area contributed by atoms with Crippen molar-refractivity contribution in [3.05, 3.63) is 94.7 Å². The Hall–Kier alpha value is -3.60. The smallest absolute Gasteiger partial charge is 0.338 e. The van der Waals surface area contributed by atoms with Crippen LogP contribution in [0.2, 0.25) is 0 Å². The number of carbonyl (C=O) groups is 2. The Bertz CT molecular complexity index is 1120. The number of ether oxygens (including phenoxy) is 1. The molecule has 0 atom stereocenters. The van der Waals surface area contributed by atoms with Gasteiger partial charge in [0, 0.05) is 54.8 Å². The van der Waals surface area contributed by atoms with E-state index in [4.69, 9.17) is 4.74 Å². The molecule has 5 heteroatoms. The quantitative estimate of drug-likeness (QED) is 0.368. The summed E-state index contributed by atoms with van der Waals surface area (Å²) in [6, 6.07) is 15.5. The van der Waals surface area contributed by atoms with Gasteiger partial charge in [0.1, 0.15) is 0 Å². The highest BCUT2D eigenvalue weighted by molar-refractivity contribution is 6.16. The summed E-state index contributed by atoms with van der Waals surface area (Å²) in [5.41, 5.74) is 5.29. The van der Waals surface area contributed by atoms with Gasteiger partial charge in [0.2, 0.25) is 0 Å². The van der Waals surface area contributed by atoms with E-state index in [2.05, 4.69) is 49.6 Å². The van der Waals surface area contributed by atoms with Crippen molar-refractivity contribution in [2.75, 3.05) is 38.2 Å². The third kappa shape index (κ3) is 5.14. The molecule has 0 aliphatic heterocycles. The maximum atomic E-state index is 13.4. The largest absolute Gasteiger partial charge is 0.465 e. The molecule has 1 aliphatic carbocycles. The second-order valence-corrected chi connectivity index (χ2v) is 7.98. The lowest BCUT2D eigenvalue weighted by Gasteiger charge is -2.25. The van der Waals surface area contributed by atoms with Crippen LogP contribution in [-0.2, 0) is 9.53 Å². The Morgan fingerprint density at radius 3 is 1.91 bits per heavy atom. The first kappa shape index (κ1) is 25.0. The fourth-order valence-corrected chi connectivity index (χ4v) is 4.38. The van der Waals surface area contributed by atoms with Crippen LogP contribution in [-0.4, -0.2) is 49.9 Å². The molecule has 178 valence electrons. The van der Waals surface area contributed by atoms with Gasteiger partial charge in [-0.3, -0.25) is 4.79 Å². The Kier molecular flexibility index (Phi) is 8.47. The molecule has 3 rings (SSSR count). The topological polar surface area (TPSA) is 49.9 Å². The number of esters is 1. The number of allylic oxidation sites excluding steroid dienone is 4. The van der Waals surface area contributed by atoms with Gasteiger partial charge in [-0.15, -0.1) is 0 Å². The number of methoxy groups -OCH3 is 1. The minimum Gasteiger partial charge on any atom is -0.465 e. The lowest BCUT2D eigenvalue weighted by molar-refractivity contribution is -0.111.